The zero-order chi connectivity index (χ0) is 54.3. The van der Waals surface area contributed by atoms with Gasteiger partial charge in [-0.05, 0) is 93.4 Å². The number of nitrogen functional groups attached to an aromatic ring is 1. The molecule has 2 atom stereocenters. The molecule has 0 aliphatic carbocycles. The van der Waals surface area contributed by atoms with Crippen molar-refractivity contribution >= 4 is 90.4 Å². The Labute approximate surface area is 453 Å². The van der Waals surface area contributed by atoms with Crippen LogP contribution in [0.3, 0.4) is 0 Å². The number of aromatic nitrogens is 1. The van der Waals surface area contributed by atoms with Gasteiger partial charge in [0.1, 0.15) is 33.1 Å². The molecule has 0 unspecified atom stereocenters. The molecule has 0 spiro atoms. The number of anilines is 3. The second-order valence-electron chi connectivity index (χ2n) is 17.0. The number of Topliss-reactive ketones (excluding diaryl/α,β-unsaturated/α-hetero) is 1. The average molecular weight is 1170 g/mol. The summed E-state index contributed by atoms with van der Waals surface area (Å²) in [5.74, 6) is -2.26. The van der Waals surface area contributed by atoms with Crippen LogP contribution in [0.5, 0.6) is 17.4 Å². The number of carbonyl (C=O) groups excluding carboxylic acids is 7. The van der Waals surface area contributed by atoms with Crippen LogP contribution in [0.4, 0.5) is 22.0 Å². The van der Waals surface area contributed by atoms with Crippen molar-refractivity contribution in [3.63, 3.8) is 0 Å². The van der Waals surface area contributed by atoms with E-state index in [-0.39, 0.29) is 143 Å². The largest absolute Gasteiger partial charge is 0.497 e. The number of hydrogen-bond donors (Lipinski definition) is 6. The maximum Gasteiger partial charge on any atom is 0.312 e. The molecular formula is C51H67Br2N9O13. The number of halogens is 2. The van der Waals surface area contributed by atoms with Gasteiger partial charge in [0.2, 0.25) is 11.8 Å². The fourth-order valence-corrected chi connectivity index (χ4v) is 8.30. The van der Waals surface area contributed by atoms with E-state index in [4.69, 9.17) is 39.9 Å². The second kappa shape index (κ2) is 31.9. The number of nitrogens with one attached hydrogen (secondary N) is 4. The number of ketones is 1. The average Bonchev–Trinajstić information content (AvgIpc) is 3.54. The van der Waals surface area contributed by atoms with Crippen LogP contribution in [0, 0.1) is 30.6 Å². The van der Waals surface area contributed by atoms with Crippen molar-refractivity contribution in [2.75, 3.05) is 89.9 Å². The van der Waals surface area contributed by atoms with Crippen LogP contribution in [0.25, 0.3) is 0 Å². The minimum absolute atomic E-state index is 0. The molecule has 7 amide bonds. The molecule has 2 heterocycles. The molecule has 0 saturated heterocycles. The van der Waals surface area contributed by atoms with Gasteiger partial charge in [-0.1, -0.05) is 26.0 Å². The first-order chi connectivity index (χ1) is 35.4. The van der Waals surface area contributed by atoms with E-state index in [9.17, 15) is 38.8 Å². The normalized spacial score (nSPS) is 12.9. The first-order valence-corrected chi connectivity index (χ1v) is 25.3. The molecule has 0 fully saturated rings. The molecule has 1 aromatic heterocycles. The summed E-state index contributed by atoms with van der Waals surface area (Å²) in [4.78, 5) is 90.9. The number of primary amides is 1. The van der Waals surface area contributed by atoms with Gasteiger partial charge in [-0.25, -0.2) is 14.9 Å². The standard InChI is InChI=1S/C50H63Br2N9O13.CH3/c1-6-74-49-36(28-53)37(54)27-40(58-42(64)26-33-24-35(69-4)13-14-39(33)70-5)61(49)29-31-9-11-34(12-10-31)57-46(65)32(8-7-16-56-50(55)68)25-38(62)45(30(2)3)59-41(63)15-18-71-20-22-73-23-21-72-19-17-60-47(66)43(51)44(52)48(60)67;/h9-14,24,27,30,32,45H,6-8,15-23,25-26,29H2,1-5H3,(H7,54,55,56,57,58,59,63,64,65,68);1H3/q;-1/p+1/t32-,45+;/m1./s1. The van der Waals surface area contributed by atoms with Gasteiger partial charge in [0.15, 0.2) is 11.3 Å². The molecule has 75 heavy (non-hydrogen) atoms. The van der Waals surface area contributed by atoms with Gasteiger partial charge in [-0.15, -0.1) is 0 Å². The number of nitrogens with two attached hydrogens (primary N) is 2. The number of nitrogens with zero attached hydrogens (tertiary/aromatic N) is 3. The first kappa shape index (κ1) is 62.6. The minimum atomic E-state index is -0.904. The van der Waals surface area contributed by atoms with E-state index in [0.717, 1.165) is 4.90 Å². The molecule has 24 heteroatoms. The van der Waals surface area contributed by atoms with Crippen LogP contribution in [0.15, 0.2) is 57.5 Å². The Morgan fingerprint density at radius 2 is 1.49 bits per heavy atom. The third-order valence-electron chi connectivity index (χ3n) is 11.3. The highest BCUT2D eigenvalue weighted by Crippen LogP contribution is 2.30. The van der Waals surface area contributed by atoms with Crippen molar-refractivity contribution < 1.29 is 66.6 Å². The van der Waals surface area contributed by atoms with Gasteiger partial charge in [0, 0.05) is 36.6 Å². The predicted molar refractivity (Wildman–Crippen MR) is 285 cm³/mol. The number of nitriles is 1. The van der Waals surface area contributed by atoms with Gasteiger partial charge in [0.05, 0.1) is 91.2 Å². The van der Waals surface area contributed by atoms with Crippen molar-refractivity contribution in [2.45, 2.75) is 65.5 Å². The summed E-state index contributed by atoms with van der Waals surface area (Å²) >= 11 is 6.15. The van der Waals surface area contributed by atoms with Gasteiger partial charge < -0.3 is 63.3 Å². The summed E-state index contributed by atoms with van der Waals surface area (Å²) in [6, 6.07) is 13.9. The highest BCUT2D eigenvalue weighted by molar-refractivity contribution is 9.14. The van der Waals surface area contributed by atoms with E-state index in [2.05, 4.69) is 59.2 Å². The van der Waals surface area contributed by atoms with Crippen LogP contribution >= 0.6 is 31.9 Å². The Morgan fingerprint density at radius 1 is 0.853 bits per heavy atom. The van der Waals surface area contributed by atoms with Crippen LogP contribution in [0.1, 0.15) is 63.1 Å². The molecular weight excluding hydrogens is 1110 g/mol. The lowest BCUT2D eigenvalue weighted by molar-refractivity contribution is -0.679. The highest BCUT2D eigenvalue weighted by atomic mass is 79.9. The van der Waals surface area contributed by atoms with E-state index in [1.165, 1.54) is 20.3 Å². The lowest BCUT2D eigenvalue weighted by Crippen LogP contribution is -2.45. The monoisotopic (exact) mass is 1170 g/mol. The smallest absolute Gasteiger partial charge is 0.312 e. The molecule has 2 aromatic carbocycles. The number of hydrogen-bond acceptors (Lipinski definition) is 15. The summed E-state index contributed by atoms with van der Waals surface area (Å²) in [7, 11) is 3.02. The van der Waals surface area contributed by atoms with E-state index < -0.39 is 47.5 Å². The molecule has 1 aliphatic heterocycles. The zero-order valence-electron chi connectivity index (χ0n) is 43.0. The Hall–Kier alpha value is -6.65. The van der Waals surface area contributed by atoms with Gasteiger partial charge >= 0.3 is 17.8 Å². The summed E-state index contributed by atoms with van der Waals surface area (Å²) in [5, 5.41) is 21.1. The molecule has 22 nitrogen and oxygen atoms in total. The Bertz CT molecular complexity index is 2530. The number of rotatable bonds is 32. The number of amides is 7. The Kier molecular flexibility index (Phi) is 26.7. The molecule has 4 rings (SSSR count). The lowest BCUT2D eigenvalue weighted by atomic mass is 9.89. The minimum Gasteiger partial charge on any atom is -0.497 e. The fraction of sp³-hybridized carbons (Fsp3) is 0.451. The maximum atomic E-state index is 13.9. The number of methoxy groups -OCH3 is 2. The Morgan fingerprint density at radius 3 is 2.08 bits per heavy atom. The summed E-state index contributed by atoms with van der Waals surface area (Å²) in [6.45, 7) is 6.95. The van der Waals surface area contributed by atoms with E-state index in [1.54, 1.807) is 67.8 Å². The van der Waals surface area contributed by atoms with Gasteiger partial charge in [0.25, 0.3) is 17.6 Å². The molecule has 0 bridgehead atoms. The van der Waals surface area contributed by atoms with E-state index in [1.807, 2.05) is 0 Å². The maximum absolute atomic E-state index is 13.9. The summed E-state index contributed by atoms with van der Waals surface area (Å²) < 4.78 is 35.2. The summed E-state index contributed by atoms with van der Waals surface area (Å²) in [6.07, 6.45) is 0.209. The molecule has 408 valence electrons. The van der Waals surface area contributed by atoms with Crippen LogP contribution in [-0.4, -0.2) is 126 Å². The number of carbonyl (C=O) groups is 7. The topological polar surface area (TPSA) is 306 Å². The molecule has 3 aromatic rings. The molecule has 1 aliphatic rings. The summed E-state index contributed by atoms with van der Waals surface area (Å²) in [5.41, 5.74) is 13.4. The van der Waals surface area contributed by atoms with Crippen LogP contribution in [0.2, 0.25) is 0 Å². The second-order valence-corrected chi connectivity index (χ2v) is 18.5. The number of pyridine rings is 1. The number of ether oxygens (including phenoxy) is 6. The molecule has 0 saturated carbocycles. The van der Waals surface area contributed by atoms with Crippen molar-refractivity contribution in [3.8, 4) is 23.4 Å². The Balaban J connectivity index is 0.0000148. The SMILES string of the molecule is CCOc1c(C#N)c(N)cc(NC(=O)Cc2cc(OC)ccc2OC)[n+]1Cc1ccc(NC(=O)[C@H](CCCNC(N)=O)CC(=O)[C@@H](NC(=O)CCOCCOCCOCCN2C(=O)C(Br)=C(Br)C2=O)C(C)C)cc1.[CH3-]. The van der Waals surface area contributed by atoms with Gasteiger partial charge in [-0.2, -0.15) is 9.83 Å². The first-order valence-electron chi connectivity index (χ1n) is 23.7. The fourth-order valence-electron chi connectivity index (χ4n) is 7.53. The quantitative estimate of drug-likeness (QED) is 0.0218. The van der Waals surface area contributed by atoms with Crippen LogP contribution < -0.4 is 51.5 Å². The van der Waals surface area contributed by atoms with E-state index in [0.29, 0.717) is 34.7 Å². The highest BCUT2D eigenvalue weighted by Gasteiger charge is 2.35. The third-order valence-corrected chi connectivity index (χ3v) is 13.3. The number of benzene rings is 2. The van der Waals surface area contributed by atoms with E-state index >= 15 is 0 Å². The van der Waals surface area contributed by atoms with Crippen molar-refractivity contribution in [2.24, 2.45) is 17.6 Å². The molecule has 0 radical (unpaired) electrons. The predicted octanol–water partition coefficient (Wildman–Crippen LogP) is 4.44. The van der Waals surface area contributed by atoms with Crippen LogP contribution in [-0.2, 0) is 55.9 Å². The third kappa shape index (κ3) is 19.2. The van der Waals surface area contributed by atoms with Crippen molar-refractivity contribution in [1.29, 1.82) is 5.26 Å². The number of urea groups is 1. The zero-order valence-corrected chi connectivity index (χ0v) is 46.2. The van der Waals surface area contributed by atoms with Gasteiger partial charge in [-0.3, -0.25) is 28.9 Å². The van der Waals surface area contributed by atoms with Crippen molar-refractivity contribution in [3.05, 3.63) is 81.6 Å². The molecule has 8 N–H and O–H groups in total. The number of imide groups is 1. The van der Waals surface area contributed by atoms with Crippen molar-refractivity contribution in [1.82, 2.24) is 15.5 Å². The lowest BCUT2D eigenvalue weighted by Gasteiger charge is -2.24.